The molecule has 0 bridgehead atoms. The Bertz CT molecular complexity index is 906. The van der Waals surface area contributed by atoms with E-state index in [0.29, 0.717) is 0 Å². The summed E-state index contributed by atoms with van der Waals surface area (Å²) in [5, 5.41) is 4.87. The summed E-state index contributed by atoms with van der Waals surface area (Å²) < 4.78 is 13.8. The van der Waals surface area contributed by atoms with Crippen molar-refractivity contribution >= 4 is 34.7 Å². The van der Waals surface area contributed by atoms with Crippen molar-refractivity contribution in [2.24, 2.45) is 0 Å². The highest BCUT2D eigenvalue weighted by Crippen LogP contribution is 2.26. The van der Waals surface area contributed by atoms with Crippen molar-refractivity contribution in [3.8, 4) is 0 Å². The van der Waals surface area contributed by atoms with E-state index in [4.69, 9.17) is 0 Å². The molecule has 0 unspecified atom stereocenters. The molecule has 26 heavy (non-hydrogen) atoms. The Hall–Kier alpha value is -2.18. The zero-order valence-corrected chi connectivity index (χ0v) is 16.2. The number of hydrogen-bond donors (Lipinski definition) is 1. The van der Waals surface area contributed by atoms with Crippen LogP contribution in [0.3, 0.4) is 0 Å². The summed E-state index contributed by atoms with van der Waals surface area (Å²) >= 11 is 3.11. The molecule has 0 aliphatic rings. The maximum absolute atomic E-state index is 12.9. The number of nitrogens with zero attached hydrogens (tertiary/aromatic N) is 1. The largest absolute Gasteiger partial charge is 0.325 e. The molecule has 3 rings (SSSR count). The highest BCUT2D eigenvalue weighted by molar-refractivity contribution is 8.00. The maximum atomic E-state index is 12.9. The van der Waals surface area contributed by atoms with Crippen molar-refractivity contribution in [1.29, 1.82) is 0 Å². The van der Waals surface area contributed by atoms with Gasteiger partial charge in [-0.3, -0.25) is 4.79 Å². The van der Waals surface area contributed by atoms with Crippen molar-refractivity contribution in [3.05, 3.63) is 76.0 Å². The third-order valence-corrected chi connectivity index (χ3v) is 5.96. The monoisotopic (exact) mass is 386 g/mol. The van der Waals surface area contributed by atoms with Gasteiger partial charge in [-0.05, 0) is 48.7 Å². The van der Waals surface area contributed by atoms with Crippen LogP contribution in [0.25, 0.3) is 0 Å². The molecule has 0 fully saturated rings. The van der Waals surface area contributed by atoms with E-state index < -0.39 is 0 Å². The van der Waals surface area contributed by atoms with Gasteiger partial charge in [0.15, 0.2) is 0 Å². The molecule has 1 amide bonds. The second-order valence-electron chi connectivity index (χ2n) is 6.06. The van der Waals surface area contributed by atoms with Crippen LogP contribution in [0.5, 0.6) is 0 Å². The number of nitrogens with one attached hydrogen (secondary N) is 1. The maximum Gasteiger partial charge on any atom is 0.230 e. The Balaban J connectivity index is 1.55. The van der Waals surface area contributed by atoms with E-state index >= 15 is 0 Å². The van der Waals surface area contributed by atoms with Gasteiger partial charge in [-0.2, -0.15) is 0 Å². The third-order valence-electron chi connectivity index (χ3n) is 3.82. The summed E-state index contributed by atoms with van der Waals surface area (Å²) in [6.45, 7) is 3.97. The lowest BCUT2D eigenvalue weighted by molar-refractivity contribution is -0.115. The van der Waals surface area contributed by atoms with E-state index in [9.17, 15) is 9.18 Å². The first-order valence-electron chi connectivity index (χ1n) is 8.18. The first-order chi connectivity index (χ1) is 12.5. The summed E-state index contributed by atoms with van der Waals surface area (Å²) in [6.07, 6.45) is 0.251. The van der Waals surface area contributed by atoms with Gasteiger partial charge in [-0.15, -0.1) is 11.3 Å². The molecule has 2 aromatic carbocycles. The molecule has 6 heteroatoms. The zero-order valence-electron chi connectivity index (χ0n) is 14.6. The number of thioether (sulfide) groups is 1. The number of aryl methyl sites for hydroxylation is 2. The van der Waals surface area contributed by atoms with E-state index in [-0.39, 0.29) is 18.1 Å². The van der Waals surface area contributed by atoms with E-state index in [1.54, 1.807) is 23.9 Å². The van der Waals surface area contributed by atoms with Crippen LogP contribution in [0, 0.1) is 19.7 Å². The molecule has 0 aliphatic carbocycles. The standard InChI is InChI=1S/C20H19FN2OS2/c1-13-3-4-14(2)18(9-13)23-19(24)10-17-12-26-20(22-17)25-11-15-5-7-16(21)8-6-15/h3-9,12H,10-11H2,1-2H3,(H,23,24). The normalized spacial score (nSPS) is 10.7. The van der Waals surface area contributed by atoms with Crippen LogP contribution >= 0.6 is 23.1 Å². The molecule has 3 nitrogen and oxygen atoms in total. The molecule has 1 aromatic heterocycles. The molecular weight excluding hydrogens is 367 g/mol. The fourth-order valence-corrected chi connectivity index (χ4v) is 4.19. The van der Waals surface area contributed by atoms with Gasteiger partial charge in [0, 0.05) is 16.8 Å². The molecule has 0 radical (unpaired) electrons. The minimum absolute atomic E-state index is 0.0703. The second-order valence-corrected chi connectivity index (χ2v) is 8.14. The Morgan fingerprint density at radius 1 is 1.19 bits per heavy atom. The molecule has 1 heterocycles. The number of anilines is 1. The number of carbonyl (C=O) groups excluding carboxylic acids is 1. The van der Waals surface area contributed by atoms with Crippen LogP contribution in [0.15, 0.2) is 52.2 Å². The molecule has 0 atom stereocenters. The topological polar surface area (TPSA) is 42.0 Å². The van der Waals surface area contributed by atoms with E-state index in [1.807, 2.05) is 37.4 Å². The van der Waals surface area contributed by atoms with Crippen LogP contribution in [0.1, 0.15) is 22.4 Å². The summed E-state index contributed by atoms with van der Waals surface area (Å²) in [5.74, 6) is 0.422. The van der Waals surface area contributed by atoms with Crippen molar-refractivity contribution in [3.63, 3.8) is 0 Å². The summed E-state index contributed by atoms with van der Waals surface area (Å²) in [4.78, 5) is 16.8. The number of thiazole rings is 1. The van der Waals surface area contributed by atoms with Gasteiger partial charge in [-0.25, -0.2) is 9.37 Å². The van der Waals surface area contributed by atoms with Crippen LogP contribution in [0.2, 0.25) is 0 Å². The van der Waals surface area contributed by atoms with Gasteiger partial charge in [0.25, 0.3) is 0 Å². The van der Waals surface area contributed by atoms with E-state index in [1.165, 1.54) is 23.5 Å². The first-order valence-corrected chi connectivity index (χ1v) is 10.0. The van der Waals surface area contributed by atoms with Gasteiger partial charge in [0.2, 0.25) is 5.91 Å². The predicted octanol–water partition coefficient (Wildman–Crippen LogP) is 5.37. The van der Waals surface area contributed by atoms with Gasteiger partial charge in [0.05, 0.1) is 12.1 Å². The highest BCUT2D eigenvalue weighted by atomic mass is 32.2. The molecule has 1 N–H and O–H groups in total. The summed E-state index contributed by atoms with van der Waals surface area (Å²) in [6, 6.07) is 12.5. The van der Waals surface area contributed by atoms with Gasteiger partial charge >= 0.3 is 0 Å². The fourth-order valence-electron chi connectivity index (χ4n) is 2.39. The quantitative estimate of drug-likeness (QED) is 0.579. The second kappa shape index (κ2) is 8.47. The summed E-state index contributed by atoms with van der Waals surface area (Å²) in [5.41, 5.74) is 4.80. The number of hydrogen-bond acceptors (Lipinski definition) is 4. The zero-order chi connectivity index (χ0) is 18.5. The van der Waals surface area contributed by atoms with Gasteiger partial charge < -0.3 is 5.32 Å². The average Bonchev–Trinajstić information content (AvgIpc) is 3.05. The molecule has 0 aliphatic heterocycles. The van der Waals surface area contributed by atoms with Crippen LogP contribution in [0.4, 0.5) is 10.1 Å². The number of halogens is 1. The fraction of sp³-hybridized carbons (Fsp3) is 0.200. The number of aromatic nitrogens is 1. The van der Waals surface area contributed by atoms with Crippen LogP contribution in [-0.4, -0.2) is 10.9 Å². The van der Waals surface area contributed by atoms with E-state index in [2.05, 4.69) is 10.3 Å². The minimum atomic E-state index is -0.231. The van der Waals surface area contributed by atoms with Crippen molar-refractivity contribution in [2.45, 2.75) is 30.4 Å². The van der Waals surface area contributed by atoms with Crippen molar-refractivity contribution in [2.75, 3.05) is 5.32 Å². The molecule has 0 spiro atoms. The predicted molar refractivity (Wildman–Crippen MR) is 106 cm³/mol. The SMILES string of the molecule is Cc1ccc(C)c(NC(=O)Cc2csc(SCc3ccc(F)cc3)n2)c1. The highest BCUT2D eigenvalue weighted by Gasteiger charge is 2.10. The lowest BCUT2D eigenvalue weighted by Crippen LogP contribution is -2.15. The smallest absolute Gasteiger partial charge is 0.230 e. The first kappa shape index (κ1) is 18.6. The number of benzene rings is 2. The third kappa shape index (κ3) is 5.16. The van der Waals surface area contributed by atoms with Crippen molar-refractivity contribution in [1.82, 2.24) is 4.98 Å². The van der Waals surface area contributed by atoms with Crippen LogP contribution in [-0.2, 0) is 17.0 Å². The molecule has 0 saturated carbocycles. The lowest BCUT2D eigenvalue weighted by Gasteiger charge is -2.08. The average molecular weight is 387 g/mol. The Labute approximate surface area is 160 Å². The lowest BCUT2D eigenvalue weighted by atomic mass is 10.1. The van der Waals surface area contributed by atoms with Gasteiger partial charge in [-0.1, -0.05) is 36.0 Å². The Kier molecular flexibility index (Phi) is 6.06. The number of carbonyl (C=O) groups is 1. The van der Waals surface area contributed by atoms with Crippen LogP contribution < -0.4 is 5.32 Å². The van der Waals surface area contributed by atoms with Crippen molar-refractivity contribution < 1.29 is 9.18 Å². The Morgan fingerprint density at radius 2 is 1.96 bits per heavy atom. The molecular formula is C20H19FN2OS2. The molecule has 0 saturated heterocycles. The van der Waals surface area contributed by atoms with E-state index in [0.717, 1.165) is 38.2 Å². The minimum Gasteiger partial charge on any atom is -0.325 e. The number of amides is 1. The molecule has 134 valence electrons. The number of rotatable bonds is 6. The summed E-state index contributed by atoms with van der Waals surface area (Å²) in [7, 11) is 0. The molecule has 3 aromatic rings. The van der Waals surface area contributed by atoms with Gasteiger partial charge in [0.1, 0.15) is 10.2 Å². The Morgan fingerprint density at radius 3 is 2.73 bits per heavy atom.